The molecule has 5 heteroatoms. The van der Waals surface area contributed by atoms with E-state index in [0.29, 0.717) is 26.0 Å². The molecule has 2 atom stereocenters. The normalized spacial score (nSPS) is 23.7. The Morgan fingerprint density at radius 2 is 2.11 bits per heavy atom. The van der Waals surface area contributed by atoms with Gasteiger partial charge >= 0.3 is 0 Å². The zero-order valence-corrected chi connectivity index (χ0v) is 12.2. The molecule has 1 aliphatic heterocycles. The van der Waals surface area contributed by atoms with Crippen molar-refractivity contribution < 1.29 is 13.2 Å². The standard InChI is InChI=1S/C14H21NO3S/c1-11-5-3-4-6-13(11)7-9-15-19(16,17)14-8-10-18-12(14)2/h3-6,12,14-15H,7-10H2,1-2H3/t12-,14+/m0/s1. The largest absolute Gasteiger partial charge is 0.377 e. The van der Waals surface area contributed by atoms with E-state index in [1.54, 1.807) is 0 Å². The Kier molecular flexibility index (Phi) is 4.60. The van der Waals surface area contributed by atoms with Gasteiger partial charge in [-0.15, -0.1) is 0 Å². The summed E-state index contributed by atoms with van der Waals surface area (Å²) < 4.78 is 32.3. The molecule has 106 valence electrons. The smallest absolute Gasteiger partial charge is 0.217 e. The Morgan fingerprint density at radius 3 is 2.74 bits per heavy atom. The molecule has 2 rings (SSSR count). The molecule has 19 heavy (non-hydrogen) atoms. The van der Waals surface area contributed by atoms with E-state index in [1.165, 1.54) is 11.1 Å². The number of hydrogen-bond acceptors (Lipinski definition) is 3. The summed E-state index contributed by atoms with van der Waals surface area (Å²) in [5.41, 5.74) is 2.38. The number of sulfonamides is 1. The fourth-order valence-electron chi connectivity index (χ4n) is 2.45. The van der Waals surface area contributed by atoms with Crippen molar-refractivity contribution >= 4 is 10.0 Å². The van der Waals surface area contributed by atoms with Gasteiger partial charge in [0.15, 0.2) is 0 Å². The Labute approximate surface area is 115 Å². The molecule has 1 aromatic carbocycles. The second-order valence-electron chi connectivity index (χ2n) is 5.02. The van der Waals surface area contributed by atoms with Gasteiger partial charge in [0.2, 0.25) is 10.0 Å². The summed E-state index contributed by atoms with van der Waals surface area (Å²) in [6, 6.07) is 8.03. The highest BCUT2D eigenvalue weighted by molar-refractivity contribution is 7.90. The fraction of sp³-hybridized carbons (Fsp3) is 0.571. The second-order valence-corrected chi connectivity index (χ2v) is 7.00. The number of ether oxygens (including phenoxy) is 1. The number of nitrogens with one attached hydrogen (secondary N) is 1. The molecule has 0 spiro atoms. The molecule has 1 aliphatic rings. The van der Waals surface area contributed by atoms with Crippen molar-refractivity contribution in [2.45, 2.75) is 38.0 Å². The molecule has 0 saturated carbocycles. The van der Waals surface area contributed by atoms with Crippen LogP contribution in [0.15, 0.2) is 24.3 Å². The molecule has 1 aromatic rings. The van der Waals surface area contributed by atoms with E-state index in [4.69, 9.17) is 4.74 Å². The van der Waals surface area contributed by atoms with Gasteiger partial charge in [0.1, 0.15) is 5.25 Å². The highest BCUT2D eigenvalue weighted by atomic mass is 32.2. The lowest BCUT2D eigenvalue weighted by atomic mass is 10.1. The molecule has 1 saturated heterocycles. The summed E-state index contributed by atoms with van der Waals surface area (Å²) >= 11 is 0. The summed E-state index contributed by atoms with van der Waals surface area (Å²) in [6.45, 7) is 4.83. The van der Waals surface area contributed by atoms with Gasteiger partial charge in [-0.1, -0.05) is 24.3 Å². The first-order chi connectivity index (χ1) is 9.00. The minimum atomic E-state index is -3.27. The molecule has 0 unspecified atom stereocenters. The van der Waals surface area contributed by atoms with Gasteiger partial charge in [0.05, 0.1) is 6.10 Å². The predicted molar refractivity (Wildman–Crippen MR) is 75.6 cm³/mol. The average molecular weight is 283 g/mol. The van der Waals surface area contributed by atoms with Crippen LogP contribution in [0.1, 0.15) is 24.5 Å². The van der Waals surface area contributed by atoms with E-state index in [1.807, 2.05) is 38.1 Å². The maximum atomic E-state index is 12.1. The van der Waals surface area contributed by atoms with Crippen LogP contribution in [0.4, 0.5) is 0 Å². The first kappa shape index (κ1) is 14.5. The zero-order chi connectivity index (χ0) is 13.9. The molecule has 1 fully saturated rings. The molecule has 0 aromatic heterocycles. The summed E-state index contributed by atoms with van der Waals surface area (Å²) in [5.74, 6) is 0. The summed E-state index contributed by atoms with van der Waals surface area (Å²) in [4.78, 5) is 0. The van der Waals surface area contributed by atoms with Gasteiger partial charge in [-0.3, -0.25) is 0 Å². The number of aryl methyl sites for hydroxylation is 1. The topological polar surface area (TPSA) is 55.4 Å². The predicted octanol–water partition coefficient (Wildman–Crippen LogP) is 1.63. The Bertz CT molecular complexity index is 527. The van der Waals surface area contributed by atoms with Gasteiger partial charge in [-0.25, -0.2) is 13.1 Å². The van der Waals surface area contributed by atoms with E-state index < -0.39 is 15.3 Å². The van der Waals surface area contributed by atoms with Gasteiger partial charge < -0.3 is 4.74 Å². The summed E-state index contributed by atoms with van der Waals surface area (Å²) in [6.07, 6.45) is 1.09. The zero-order valence-electron chi connectivity index (χ0n) is 11.4. The third-order valence-corrected chi connectivity index (χ3v) is 5.69. The van der Waals surface area contributed by atoms with Crippen LogP contribution >= 0.6 is 0 Å². The van der Waals surface area contributed by atoms with E-state index in [2.05, 4.69) is 4.72 Å². The van der Waals surface area contributed by atoms with Crippen LogP contribution in [0.2, 0.25) is 0 Å². The molecule has 1 N–H and O–H groups in total. The molecular formula is C14H21NO3S. The van der Waals surface area contributed by atoms with Crippen LogP contribution in [0.5, 0.6) is 0 Å². The maximum Gasteiger partial charge on any atom is 0.217 e. The third-order valence-electron chi connectivity index (χ3n) is 3.66. The Hall–Kier alpha value is -0.910. The lowest BCUT2D eigenvalue weighted by molar-refractivity contribution is 0.126. The van der Waals surface area contributed by atoms with Crippen LogP contribution < -0.4 is 4.72 Å². The first-order valence-corrected chi connectivity index (χ1v) is 8.20. The molecule has 0 bridgehead atoms. The molecule has 0 amide bonds. The lowest BCUT2D eigenvalue weighted by Crippen LogP contribution is -2.39. The van der Waals surface area contributed by atoms with E-state index in [-0.39, 0.29) is 6.10 Å². The van der Waals surface area contributed by atoms with Gasteiger partial charge in [-0.05, 0) is 37.8 Å². The maximum absolute atomic E-state index is 12.1. The van der Waals surface area contributed by atoms with Crippen molar-refractivity contribution in [3.8, 4) is 0 Å². The van der Waals surface area contributed by atoms with Crippen molar-refractivity contribution in [1.82, 2.24) is 4.72 Å². The van der Waals surface area contributed by atoms with Crippen molar-refractivity contribution in [2.24, 2.45) is 0 Å². The Balaban J connectivity index is 1.90. The summed E-state index contributed by atoms with van der Waals surface area (Å²) in [7, 11) is -3.27. The quantitative estimate of drug-likeness (QED) is 0.893. The first-order valence-electron chi connectivity index (χ1n) is 6.65. The third kappa shape index (κ3) is 3.55. The fourth-order valence-corrected chi connectivity index (χ4v) is 4.04. The minimum Gasteiger partial charge on any atom is -0.377 e. The molecule has 0 aliphatic carbocycles. The van der Waals surface area contributed by atoms with Crippen molar-refractivity contribution in [3.63, 3.8) is 0 Å². The number of benzene rings is 1. The van der Waals surface area contributed by atoms with E-state index in [0.717, 1.165) is 0 Å². The Morgan fingerprint density at radius 1 is 1.37 bits per heavy atom. The van der Waals surface area contributed by atoms with Crippen molar-refractivity contribution in [2.75, 3.05) is 13.2 Å². The molecule has 1 heterocycles. The van der Waals surface area contributed by atoms with Gasteiger partial charge in [0, 0.05) is 13.2 Å². The SMILES string of the molecule is Cc1ccccc1CCNS(=O)(=O)[C@@H]1CCO[C@H]1C. The van der Waals surface area contributed by atoms with Crippen molar-refractivity contribution in [1.29, 1.82) is 0 Å². The number of rotatable bonds is 5. The van der Waals surface area contributed by atoms with Gasteiger partial charge in [0.25, 0.3) is 0 Å². The van der Waals surface area contributed by atoms with Crippen LogP contribution in [-0.2, 0) is 21.2 Å². The highest BCUT2D eigenvalue weighted by Gasteiger charge is 2.35. The molecular weight excluding hydrogens is 262 g/mol. The van der Waals surface area contributed by atoms with Crippen LogP contribution in [-0.4, -0.2) is 32.9 Å². The summed E-state index contributed by atoms with van der Waals surface area (Å²) in [5, 5.41) is -0.413. The second kappa shape index (κ2) is 6.03. The van der Waals surface area contributed by atoms with Gasteiger partial charge in [-0.2, -0.15) is 0 Å². The minimum absolute atomic E-state index is 0.212. The average Bonchev–Trinajstić information content (AvgIpc) is 2.79. The van der Waals surface area contributed by atoms with Crippen LogP contribution in [0.25, 0.3) is 0 Å². The van der Waals surface area contributed by atoms with Crippen molar-refractivity contribution in [3.05, 3.63) is 35.4 Å². The monoisotopic (exact) mass is 283 g/mol. The van der Waals surface area contributed by atoms with Crippen LogP contribution in [0, 0.1) is 6.92 Å². The van der Waals surface area contributed by atoms with E-state index >= 15 is 0 Å². The van der Waals surface area contributed by atoms with E-state index in [9.17, 15) is 8.42 Å². The molecule has 0 radical (unpaired) electrons. The highest BCUT2D eigenvalue weighted by Crippen LogP contribution is 2.19. The van der Waals surface area contributed by atoms with Crippen LogP contribution in [0.3, 0.4) is 0 Å². The lowest BCUT2D eigenvalue weighted by Gasteiger charge is -2.16. The number of hydrogen-bond donors (Lipinski definition) is 1. The molecule has 4 nitrogen and oxygen atoms in total.